The van der Waals surface area contributed by atoms with Gasteiger partial charge >= 0.3 is 5.97 Å². The predicted octanol–water partition coefficient (Wildman–Crippen LogP) is 5.12. The lowest BCUT2D eigenvalue weighted by Gasteiger charge is -2.21. The van der Waals surface area contributed by atoms with Gasteiger partial charge in [0.25, 0.3) is 0 Å². The molecule has 0 unspecified atom stereocenters. The number of hydrogen-bond acceptors (Lipinski definition) is 7. The monoisotopic (exact) mass is 476 g/mol. The molecule has 0 bridgehead atoms. The molecule has 1 fully saturated rings. The molecule has 174 valence electrons. The van der Waals surface area contributed by atoms with Gasteiger partial charge in [-0.1, -0.05) is 56.9 Å². The Hall–Kier alpha value is -2.13. The predicted molar refractivity (Wildman–Crippen MR) is 130 cm³/mol. The first-order valence-electron chi connectivity index (χ1n) is 11.3. The summed E-state index contributed by atoms with van der Waals surface area (Å²) >= 11 is 2.76. The molecule has 1 amide bonds. The van der Waals surface area contributed by atoms with Crippen molar-refractivity contribution in [3.63, 3.8) is 0 Å². The van der Waals surface area contributed by atoms with Crippen LogP contribution < -0.4 is 5.32 Å². The normalized spacial score (nSPS) is 14.3. The number of nitrogens with one attached hydrogen (secondary N) is 1. The van der Waals surface area contributed by atoms with Gasteiger partial charge in [-0.05, 0) is 25.3 Å². The smallest absolute Gasteiger partial charge is 0.341 e. The van der Waals surface area contributed by atoms with Crippen molar-refractivity contribution >= 4 is 40.0 Å². The maximum Gasteiger partial charge on any atom is 0.341 e. The highest BCUT2D eigenvalue weighted by Crippen LogP contribution is 2.30. The molecule has 0 aromatic carbocycles. The van der Waals surface area contributed by atoms with E-state index in [1.165, 1.54) is 55.2 Å². The summed E-state index contributed by atoms with van der Waals surface area (Å²) in [6.07, 6.45) is 9.94. The lowest BCUT2D eigenvalue weighted by atomic mass is 9.87. The molecule has 1 aliphatic rings. The van der Waals surface area contributed by atoms with Crippen LogP contribution in [0.4, 0.5) is 5.00 Å². The molecule has 9 heteroatoms. The lowest BCUT2D eigenvalue weighted by Crippen LogP contribution is -2.17. The maximum atomic E-state index is 12.7. The minimum absolute atomic E-state index is 0.181. The molecule has 2 aromatic heterocycles. The van der Waals surface area contributed by atoms with Crippen molar-refractivity contribution in [2.24, 2.45) is 5.92 Å². The molecule has 1 aliphatic carbocycles. The molecule has 7 nitrogen and oxygen atoms in total. The standard InChI is InChI=1S/C23H32N4O3S2/c1-4-12-27-19(13-16-10-8-7-9-11-16)25-26-23(27)31-15-20(28)24-21-18(22(29)30-6-3)14-17(5-2)32-21/h4,14,16H,1,5-13,15H2,2-3H3,(H,24,28). The fourth-order valence-corrected chi connectivity index (χ4v) is 5.67. The van der Waals surface area contributed by atoms with E-state index in [1.807, 2.05) is 13.0 Å². The Morgan fingerprint density at radius 3 is 2.78 bits per heavy atom. The van der Waals surface area contributed by atoms with Crippen LogP contribution in [0.1, 0.15) is 67.0 Å². The third-order valence-electron chi connectivity index (χ3n) is 5.51. The van der Waals surface area contributed by atoms with Gasteiger partial charge in [-0.25, -0.2) is 4.79 Å². The first kappa shape index (κ1) is 24.5. The van der Waals surface area contributed by atoms with Gasteiger partial charge in [0.1, 0.15) is 10.8 Å². The molecule has 2 aromatic rings. The number of thiophene rings is 1. The van der Waals surface area contributed by atoms with Crippen LogP contribution in [0.3, 0.4) is 0 Å². The topological polar surface area (TPSA) is 86.1 Å². The largest absolute Gasteiger partial charge is 0.462 e. The van der Waals surface area contributed by atoms with Gasteiger partial charge in [-0.3, -0.25) is 4.79 Å². The number of carbonyl (C=O) groups excluding carboxylic acids is 2. The highest BCUT2D eigenvalue weighted by atomic mass is 32.2. The minimum atomic E-state index is -0.413. The first-order chi connectivity index (χ1) is 15.5. The summed E-state index contributed by atoms with van der Waals surface area (Å²) < 4.78 is 7.18. The van der Waals surface area contributed by atoms with Crippen LogP contribution in [0.15, 0.2) is 23.9 Å². The minimum Gasteiger partial charge on any atom is -0.462 e. The summed E-state index contributed by atoms with van der Waals surface area (Å²) in [6, 6.07) is 1.80. The zero-order valence-corrected chi connectivity index (χ0v) is 20.5. The van der Waals surface area contributed by atoms with Crippen molar-refractivity contribution in [2.75, 3.05) is 17.7 Å². The number of carbonyl (C=O) groups is 2. The average molecular weight is 477 g/mol. The van der Waals surface area contributed by atoms with Gasteiger partial charge in [-0.2, -0.15) is 0 Å². The molecule has 2 heterocycles. The van der Waals surface area contributed by atoms with Crippen LogP contribution in [0, 0.1) is 5.92 Å². The second-order valence-corrected chi connectivity index (χ2v) is 9.95. The van der Waals surface area contributed by atoms with Crippen LogP contribution >= 0.6 is 23.1 Å². The van der Waals surface area contributed by atoms with Crippen LogP contribution in [0.25, 0.3) is 0 Å². The number of aromatic nitrogens is 3. The Balaban J connectivity index is 1.64. The van der Waals surface area contributed by atoms with Crippen LogP contribution in [0.5, 0.6) is 0 Å². The zero-order chi connectivity index (χ0) is 22.9. The number of esters is 1. The average Bonchev–Trinajstić information content (AvgIpc) is 3.37. The summed E-state index contributed by atoms with van der Waals surface area (Å²) in [4.78, 5) is 25.9. The number of nitrogens with zero attached hydrogens (tertiary/aromatic N) is 3. The number of amides is 1. The van der Waals surface area contributed by atoms with Crippen molar-refractivity contribution < 1.29 is 14.3 Å². The zero-order valence-electron chi connectivity index (χ0n) is 18.9. The Bertz CT molecular complexity index is 932. The van der Waals surface area contributed by atoms with E-state index in [4.69, 9.17) is 4.74 Å². The van der Waals surface area contributed by atoms with E-state index < -0.39 is 5.97 Å². The van der Waals surface area contributed by atoms with E-state index in [1.54, 1.807) is 13.0 Å². The van der Waals surface area contributed by atoms with E-state index in [0.717, 1.165) is 28.7 Å². The van der Waals surface area contributed by atoms with Crippen LogP contribution in [-0.4, -0.2) is 39.0 Å². The Labute approximate surface area is 198 Å². The quantitative estimate of drug-likeness (QED) is 0.275. The Morgan fingerprint density at radius 2 is 2.09 bits per heavy atom. The van der Waals surface area contributed by atoms with Crippen molar-refractivity contribution in [3.8, 4) is 0 Å². The Kier molecular flexibility index (Phi) is 9.35. The van der Waals surface area contributed by atoms with Crippen molar-refractivity contribution in [1.82, 2.24) is 14.8 Å². The molecule has 1 N–H and O–H groups in total. The van der Waals surface area contributed by atoms with E-state index in [0.29, 0.717) is 29.6 Å². The summed E-state index contributed by atoms with van der Waals surface area (Å²) in [5, 5.41) is 12.9. The summed E-state index contributed by atoms with van der Waals surface area (Å²) in [7, 11) is 0. The van der Waals surface area contributed by atoms with E-state index in [-0.39, 0.29) is 11.7 Å². The molecule has 0 atom stereocenters. The molecule has 3 rings (SSSR count). The summed E-state index contributed by atoms with van der Waals surface area (Å²) in [6.45, 7) is 8.55. The van der Waals surface area contributed by atoms with Gasteiger partial charge in [-0.15, -0.1) is 28.1 Å². The third-order valence-corrected chi connectivity index (χ3v) is 7.67. The molecular formula is C23H32N4O3S2. The molecule has 0 radical (unpaired) electrons. The van der Waals surface area contributed by atoms with Gasteiger partial charge < -0.3 is 14.6 Å². The van der Waals surface area contributed by atoms with Crippen molar-refractivity contribution in [3.05, 3.63) is 35.0 Å². The first-order valence-corrected chi connectivity index (χ1v) is 13.1. The highest BCUT2D eigenvalue weighted by Gasteiger charge is 2.21. The number of ether oxygens (including phenoxy) is 1. The Morgan fingerprint density at radius 1 is 1.31 bits per heavy atom. The summed E-state index contributed by atoms with van der Waals surface area (Å²) in [5.74, 6) is 1.21. The SMILES string of the molecule is C=CCn1c(CC2CCCCC2)nnc1SCC(=O)Nc1sc(CC)cc1C(=O)OCC. The highest BCUT2D eigenvalue weighted by molar-refractivity contribution is 7.99. The number of thioether (sulfide) groups is 1. The number of anilines is 1. The molecule has 0 spiro atoms. The molecule has 32 heavy (non-hydrogen) atoms. The fourth-order valence-electron chi connectivity index (χ4n) is 3.90. The maximum absolute atomic E-state index is 12.7. The number of rotatable bonds is 11. The van der Waals surface area contributed by atoms with E-state index in [9.17, 15) is 9.59 Å². The van der Waals surface area contributed by atoms with Crippen LogP contribution in [-0.2, 0) is 28.9 Å². The number of aryl methyl sites for hydroxylation is 1. The van der Waals surface area contributed by atoms with Gasteiger partial charge in [0.15, 0.2) is 5.16 Å². The molecule has 0 saturated heterocycles. The van der Waals surface area contributed by atoms with Gasteiger partial charge in [0.05, 0.1) is 17.9 Å². The van der Waals surface area contributed by atoms with E-state index in [2.05, 4.69) is 26.7 Å². The van der Waals surface area contributed by atoms with Crippen LogP contribution in [0.2, 0.25) is 0 Å². The van der Waals surface area contributed by atoms with E-state index >= 15 is 0 Å². The molecular weight excluding hydrogens is 444 g/mol. The number of allylic oxidation sites excluding steroid dienone is 1. The molecule has 1 saturated carbocycles. The third kappa shape index (κ3) is 6.45. The van der Waals surface area contributed by atoms with Crippen molar-refractivity contribution in [2.45, 2.75) is 70.5 Å². The lowest BCUT2D eigenvalue weighted by molar-refractivity contribution is -0.113. The van der Waals surface area contributed by atoms with Gasteiger partial charge in [0, 0.05) is 17.8 Å². The second-order valence-electron chi connectivity index (χ2n) is 7.87. The van der Waals surface area contributed by atoms with Crippen molar-refractivity contribution in [1.29, 1.82) is 0 Å². The second kappa shape index (κ2) is 12.2. The molecule has 0 aliphatic heterocycles. The summed E-state index contributed by atoms with van der Waals surface area (Å²) in [5.41, 5.74) is 0.414. The fraction of sp³-hybridized carbons (Fsp3) is 0.565. The van der Waals surface area contributed by atoms with Gasteiger partial charge in [0.2, 0.25) is 5.91 Å². The number of hydrogen-bond donors (Lipinski definition) is 1.